The van der Waals surface area contributed by atoms with E-state index in [1.807, 2.05) is 48.1 Å². The fourth-order valence-electron chi connectivity index (χ4n) is 3.98. The first-order chi connectivity index (χ1) is 15.4. The zero-order valence-electron chi connectivity index (χ0n) is 18.2. The van der Waals surface area contributed by atoms with Gasteiger partial charge in [0.2, 0.25) is 10.0 Å². The van der Waals surface area contributed by atoms with Crippen LogP contribution in [0.1, 0.15) is 46.3 Å². The van der Waals surface area contributed by atoms with Crippen LogP contribution >= 0.6 is 0 Å². The van der Waals surface area contributed by atoms with Gasteiger partial charge in [0.25, 0.3) is 5.91 Å². The monoisotopic (exact) mass is 452 g/mol. The van der Waals surface area contributed by atoms with Gasteiger partial charge >= 0.3 is 0 Å². The average molecular weight is 453 g/mol. The maximum atomic E-state index is 13.0. The molecule has 2 heterocycles. The second kappa shape index (κ2) is 9.67. The van der Waals surface area contributed by atoms with Gasteiger partial charge in [-0.1, -0.05) is 36.8 Å². The first kappa shape index (κ1) is 22.2. The van der Waals surface area contributed by atoms with Crippen molar-refractivity contribution in [3.8, 4) is 0 Å². The Hall–Kier alpha value is -2.97. The molecular formula is C24H28N4O3S. The van der Waals surface area contributed by atoms with E-state index >= 15 is 0 Å². The van der Waals surface area contributed by atoms with Gasteiger partial charge in [0.05, 0.1) is 11.4 Å². The summed E-state index contributed by atoms with van der Waals surface area (Å²) in [6.07, 6.45) is 6.42. The van der Waals surface area contributed by atoms with Crippen molar-refractivity contribution in [3.63, 3.8) is 0 Å². The Morgan fingerprint density at radius 1 is 1.03 bits per heavy atom. The highest BCUT2D eigenvalue weighted by Gasteiger charge is 2.27. The van der Waals surface area contributed by atoms with Gasteiger partial charge in [0.1, 0.15) is 0 Å². The second-order valence-electron chi connectivity index (χ2n) is 8.10. The number of piperidine rings is 1. The lowest BCUT2D eigenvalue weighted by Crippen LogP contribution is -2.35. The van der Waals surface area contributed by atoms with Crippen molar-refractivity contribution in [2.75, 3.05) is 13.1 Å². The first-order valence-electron chi connectivity index (χ1n) is 10.9. The van der Waals surface area contributed by atoms with Crippen LogP contribution in [-0.2, 0) is 23.1 Å². The van der Waals surface area contributed by atoms with Crippen LogP contribution in [0.3, 0.4) is 0 Å². The number of aryl methyl sites for hydroxylation is 1. The Balaban J connectivity index is 1.50. The van der Waals surface area contributed by atoms with Gasteiger partial charge in [-0.15, -0.1) is 0 Å². The maximum Gasteiger partial charge on any atom is 0.251 e. The van der Waals surface area contributed by atoms with Crippen molar-refractivity contribution < 1.29 is 13.2 Å². The second-order valence-corrected chi connectivity index (χ2v) is 10.0. The predicted octanol–water partition coefficient (Wildman–Crippen LogP) is 3.34. The zero-order chi connectivity index (χ0) is 22.6. The first-order valence-corrected chi connectivity index (χ1v) is 12.3. The standard InChI is InChI=1S/C24H28N4O3S/c1-19-10-11-22(32(30,31)28-14-5-2-6-15-28)16-23(19)24(29)25-17-20-8-3-4-9-21(20)18-27-13-7-12-26-27/h3-4,7-13,16H,2,5-6,14-15,17-18H2,1H3,(H,25,29). The van der Waals surface area contributed by atoms with Crippen LogP contribution in [0, 0.1) is 6.92 Å². The van der Waals surface area contributed by atoms with Crippen LogP contribution < -0.4 is 5.32 Å². The molecule has 1 aromatic heterocycles. The van der Waals surface area contributed by atoms with Crippen LogP contribution in [0.5, 0.6) is 0 Å². The Labute approximate surface area is 189 Å². The third kappa shape index (κ3) is 4.92. The predicted molar refractivity (Wildman–Crippen MR) is 123 cm³/mol. The van der Waals surface area contributed by atoms with Gasteiger partial charge in [-0.2, -0.15) is 9.40 Å². The van der Waals surface area contributed by atoms with E-state index in [0.29, 0.717) is 31.7 Å². The molecule has 168 valence electrons. The third-order valence-corrected chi connectivity index (χ3v) is 7.75. The molecule has 32 heavy (non-hydrogen) atoms. The largest absolute Gasteiger partial charge is 0.348 e. The SMILES string of the molecule is Cc1ccc(S(=O)(=O)N2CCCCC2)cc1C(=O)NCc1ccccc1Cn1cccn1. The molecule has 1 fully saturated rings. The number of rotatable bonds is 7. The van der Waals surface area contributed by atoms with Crippen LogP contribution in [0.2, 0.25) is 0 Å². The number of hydrogen-bond acceptors (Lipinski definition) is 4. The van der Waals surface area contributed by atoms with Crippen molar-refractivity contribution in [2.24, 2.45) is 0 Å². The number of carbonyl (C=O) groups excluding carboxylic acids is 1. The normalized spacial score (nSPS) is 14.9. The number of nitrogens with one attached hydrogen (secondary N) is 1. The van der Waals surface area contributed by atoms with Crippen LogP contribution in [0.25, 0.3) is 0 Å². The summed E-state index contributed by atoms with van der Waals surface area (Å²) in [5, 5.41) is 7.20. The molecule has 1 saturated heterocycles. The van der Waals surface area contributed by atoms with Crippen LogP contribution in [0.15, 0.2) is 65.8 Å². The smallest absolute Gasteiger partial charge is 0.251 e. The van der Waals surface area contributed by atoms with E-state index in [1.165, 1.54) is 10.4 Å². The number of nitrogens with zero attached hydrogens (tertiary/aromatic N) is 3. The number of hydrogen-bond donors (Lipinski definition) is 1. The molecule has 7 nitrogen and oxygen atoms in total. The van der Waals surface area contributed by atoms with E-state index in [4.69, 9.17) is 0 Å². The summed E-state index contributed by atoms with van der Waals surface area (Å²) in [7, 11) is -3.59. The highest BCUT2D eigenvalue weighted by molar-refractivity contribution is 7.89. The van der Waals surface area contributed by atoms with Gasteiger partial charge in [-0.25, -0.2) is 8.42 Å². The molecule has 0 spiro atoms. The van der Waals surface area contributed by atoms with Gasteiger partial charge in [-0.05, 0) is 54.7 Å². The highest BCUT2D eigenvalue weighted by Crippen LogP contribution is 2.23. The maximum absolute atomic E-state index is 13.0. The number of benzene rings is 2. The van der Waals surface area contributed by atoms with E-state index in [1.54, 1.807) is 18.3 Å². The Morgan fingerprint density at radius 2 is 1.78 bits per heavy atom. The Morgan fingerprint density at radius 3 is 2.50 bits per heavy atom. The van der Waals surface area contributed by atoms with Crippen molar-refractivity contribution in [3.05, 3.63) is 83.2 Å². The molecule has 2 aromatic carbocycles. The molecule has 3 aromatic rings. The highest BCUT2D eigenvalue weighted by atomic mass is 32.2. The topological polar surface area (TPSA) is 84.3 Å². The third-order valence-electron chi connectivity index (χ3n) is 5.86. The average Bonchev–Trinajstić information content (AvgIpc) is 3.32. The minimum atomic E-state index is -3.59. The molecule has 0 atom stereocenters. The molecule has 0 saturated carbocycles. The Kier molecular flexibility index (Phi) is 6.72. The quantitative estimate of drug-likeness (QED) is 0.596. The van der Waals surface area contributed by atoms with E-state index in [0.717, 1.165) is 36.0 Å². The molecule has 1 amide bonds. The number of aromatic nitrogens is 2. The summed E-state index contributed by atoms with van der Waals surface area (Å²) >= 11 is 0. The number of sulfonamides is 1. The summed E-state index contributed by atoms with van der Waals surface area (Å²) in [6.45, 7) is 3.84. The molecule has 1 aliphatic heterocycles. The lowest BCUT2D eigenvalue weighted by Gasteiger charge is -2.26. The van der Waals surface area contributed by atoms with E-state index in [-0.39, 0.29) is 10.8 Å². The van der Waals surface area contributed by atoms with Gasteiger partial charge in [0, 0.05) is 37.6 Å². The Bertz CT molecular complexity index is 1180. The van der Waals surface area contributed by atoms with Crippen LogP contribution in [-0.4, -0.2) is 41.5 Å². The summed E-state index contributed by atoms with van der Waals surface area (Å²) in [4.78, 5) is 13.2. The van der Waals surface area contributed by atoms with Crippen molar-refractivity contribution in [2.45, 2.75) is 44.2 Å². The fraction of sp³-hybridized carbons (Fsp3) is 0.333. The van der Waals surface area contributed by atoms with Gasteiger partial charge < -0.3 is 5.32 Å². The molecule has 1 N–H and O–H groups in total. The lowest BCUT2D eigenvalue weighted by molar-refractivity contribution is 0.0950. The molecule has 0 radical (unpaired) electrons. The lowest BCUT2D eigenvalue weighted by atomic mass is 10.1. The summed E-state index contributed by atoms with van der Waals surface area (Å²) < 4.78 is 29.4. The number of carbonyl (C=O) groups is 1. The van der Waals surface area contributed by atoms with Crippen LogP contribution in [0.4, 0.5) is 0 Å². The fourth-order valence-corrected chi connectivity index (χ4v) is 5.53. The minimum absolute atomic E-state index is 0.175. The van der Waals surface area contributed by atoms with E-state index in [9.17, 15) is 13.2 Å². The minimum Gasteiger partial charge on any atom is -0.348 e. The molecular weight excluding hydrogens is 424 g/mol. The molecule has 0 unspecified atom stereocenters. The summed E-state index contributed by atoms with van der Waals surface area (Å²) in [5.74, 6) is -0.285. The van der Waals surface area contributed by atoms with Crippen molar-refractivity contribution in [1.29, 1.82) is 0 Å². The van der Waals surface area contributed by atoms with E-state index < -0.39 is 10.0 Å². The summed E-state index contributed by atoms with van der Waals surface area (Å²) in [6, 6.07) is 14.6. The number of amides is 1. The van der Waals surface area contributed by atoms with Gasteiger partial charge in [0.15, 0.2) is 0 Å². The molecule has 0 bridgehead atoms. The summed E-state index contributed by atoms with van der Waals surface area (Å²) in [5.41, 5.74) is 3.18. The molecule has 0 aliphatic carbocycles. The molecule has 8 heteroatoms. The molecule has 4 rings (SSSR count). The van der Waals surface area contributed by atoms with Crippen molar-refractivity contribution >= 4 is 15.9 Å². The van der Waals surface area contributed by atoms with Gasteiger partial charge in [-0.3, -0.25) is 9.48 Å². The van der Waals surface area contributed by atoms with E-state index in [2.05, 4.69) is 10.4 Å². The van der Waals surface area contributed by atoms with Crippen molar-refractivity contribution in [1.82, 2.24) is 19.4 Å². The molecule has 1 aliphatic rings. The zero-order valence-corrected chi connectivity index (χ0v) is 19.0.